The van der Waals surface area contributed by atoms with E-state index in [2.05, 4.69) is 20.1 Å². The largest absolute Gasteiger partial charge is 0.341 e. The van der Waals surface area contributed by atoms with Gasteiger partial charge in [0.25, 0.3) is 0 Å². The maximum atomic E-state index is 12.2. The third-order valence-electron chi connectivity index (χ3n) is 4.02. The van der Waals surface area contributed by atoms with Crippen molar-refractivity contribution in [1.29, 1.82) is 0 Å². The zero-order valence-corrected chi connectivity index (χ0v) is 12.9. The van der Waals surface area contributed by atoms with Crippen molar-refractivity contribution in [3.05, 3.63) is 60.4 Å². The standard InChI is InChI=1S/C17H15N5O2/c23-15(8-12-4-2-1-3-5-12)22-10-13(11-22)17-20-16(21-24-17)14-9-18-6-7-19-14/h1-7,9,13H,8,10-11H2. The highest BCUT2D eigenvalue weighted by Gasteiger charge is 2.35. The average molecular weight is 321 g/mol. The quantitative estimate of drug-likeness (QED) is 0.727. The maximum Gasteiger partial charge on any atom is 0.233 e. The first-order chi connectivity index (χ1) is 11.8. The smallest absolute Gasteiger partial charge is 0.233 e. The number of likely N-dealkylation sites (tertiary alicyclic amines) is 1. The Kier molecular flexibility index (Phi) is 3.74. The molecule has 0 radical (unpaired) electrons. The van der Waals surface area contributed by atoms with Crippen molar-refractivity contribution in [1.82, 2.24) is 25.0 Å². The lowest BCUT2D eigenvalue weighted by atomic mass is 9.99. The monoisotopic (exact) mass is 321 g/mol. The number of nitrogens with zero attached hydrogens (tertiary/aromatic N) is 5. The van der Waals surface area contributed by atoms with Crippen molar-refractivity contribution in [2.24, 2.45) is 0 Å². The van der Waals surface area contributed by atoms with Crippen LogP contribution in [0.3, 0.4) is 0 Å². The van der Waals surface area contributed by atoms with Gasteiger partial charge in [-0.3, -0.25) is 9.78 Å². The summed E-state index contributed by atoms with van der Waals surface area (Å²) in [7, 11) is 0. The van der Waals surface area contributed by atoms with Gasteiger partial charge in [-0.05, 0) is 5.56 Å². The lowest BCUT2D eigenvalue weighted by Crippen LogP contribution is -2.49. The van der Waals surface area contributed by atoms with Crippen LogP contribution in [-0.4, -0.2) is 44.0 Å². The Morgan fingerprint density at radius 3 is 2.79 bits per heavy atom. The number of rotatable bonds is 4. The summed E-state index contributed by atoms with van der Waals surface area (Å²) in [4.78, 5) is 26.5. The summed E-state index contributed by atoms with van der Waals surface area (Å²) in [5.41, 5.74) is 1.59. The Labute approximate surface area is 138 Å². The number of aromatic nitrogens is 4. The molecule has 0 unspecified atom stereocenters. The summed E-state index contributed by atoms with van der Waals surface area (Å²) >= 11 is 0. The lowest BCUT2D eigenvalue weighted by Gasteiger charge is -2.37. The van der Waals surface area contributed by atoms with E-state index in [1.54, 1.807) is 18.6 Å². The van der Waals surface area contributed by atoms with Crippen LogP contribution in [0.5, 0.6) is 0 Å². The van der Waals surface area contributed by atoms with Crippen LogP contribution in [-0.2, 0) is 11.2 Å². The molecule has 24 heavy (non-hydrogen) atoms. The van der Waals surface area contributed by atoms with E-state index in [1.165, 1.54) is 0 Å². The molecule has 120 valence electrons. The van der Waals surface area contributed by atoms with Gasteiger partial charge in [0.2, 0.25) is 17.6 Å². The Morgan fingerprint density at radius 1 is 1.21 bits per heavy atom. The van der Waals surface area contributed by atoms with Gasteiger partial charge >= 0.3 is 0 Å². The van der Waals surface area contributed by atoms with E-state index in [0.717, 1.165) is 5.56 Å². The Morgan fingerprint density at radius 2 is 2.04 bits per heavy atom. The second kappa shape index (κ2) is 6.19. The Bertz CT molecular complexity index is 828. The first kappa shape index (κ1) is 14.5. The zero-order valence-electron chi connectivity index (χ0n) is 12.9. The molecule has 1 saturated heterocycles. The van der Waals surface area contributed by atoms with E-state index in [0.29, 0.717) is 36.9 Å². The predicted molar refractivity (Wildman–Crippen MR) is 84.8 cm³/mol. The number of carbonyl (C=O) groups excluding carboxylic acids is 1. The van der Waals surface area contributed by atoms with E-state index in [1.807, 2.05) is 35.2 Å². The van der Waals surface area contributed by atoms with Crippen molar-refractivity contribution in [3.63, 3.8) is 0 Å². The molecule has 0 bridgehead atoms. The predicted octanol–water partition coefficient (Wildman–Crippen LogP) is 1.70. The molecule has 2 aromatic heterocycles. The van der Waals surface area contributed by atoms with Crippen molar-refractivity contribution in [2.75, 3.05) is 13.1 Å². The molecule has 7 nitrogen and oxygen atoms in total. The van der Waals surface area contributed by atoms with E-state index in [-0.39, 0.29) is 11.8 Å². The molecular weight excluding hydrogens is 306 g/mol. The highest BCUT2D eigenvalue weighted by atomic mass is 16.5. The fraction of sp³-hybridized carbons (Fsp3) is 0.235. The van der Waals surface area contributed by atoms with Gasteiger partial charge in [0.15, 0.2) is 0 Å². The van der Waals surface area contributed by atoms with Crippen molar-refractivity contribution >= 4 is 5.91 Å². The third kappa shape index (κ3) is 2.88. The first-order valence-electron chi connectivity index (χ1n) is 7.71. The first-order valence-corrected chi connectivity index (χ1v) is 7.71. The van der Waals surface area contributed by atoms with E-state index < -0.39 is 0 Å². The number of carbonyl (C=O) groups is 1. The summed E-state index contributed by atoms with van der Waals surface area (Å²) in [6.07, 6.45) is 5.18. The molecule has 1 aromatic carbocycles. The second-order valence-corrected chi connectivity index (χ2v) is 5.70. The molecule has 0 atom stereocenters. The van der Waals surface area contributed by atoms with Gasteiger partial charge < -0.3 is 9.42 Å². The SMILES string of the molecule is O=C(Cc1ccccc1)N1CC(c2nc(-c3cnccn3)no2)C1. The van der Waals surface area contributed by atoms with Gasteiger partial charge in [0, 0.05) is 25.5 Å². The molecular formula is C17H15N5O2. The minimum absolute atomic E-state index is 0.0858. The zero-order chi connectivity index (χ0) is 16.4. The normalized spacial score (nSPS) is 14.4. The Hall–Kier alpha value is -3.09. The summed E-state index contributed by atoms with van der Waals surface area (Å²) in [6.45, 7) is 1.21. The summed E-state index contributed by atoms with van der Waals surface area (Å²) in [6, 6.07) is 9.74. The molecule has 0 aliphatic carbocycles. The highest BCUT2D eigenvalue weighted by Crippen LogP contribution is 2.27. The van der Waals surface area contributed by atoms with Crippen LogP contribution in [0.1, 0.15) is 17.4 Å². The van der Waals surface area contributed by atoms with E-state index >= 15 is 0 Å². The minimum Gasteiger partial charge on any atom is -0.341 e. The van der Waals surface area contributed by atoms with Crippen LogP contribution in [0.15, 0.2) is 53.4 Å². The lowest BCUT2D eigenvalue weighted by molar-refractivity contribution is -0.135. The summed E-state index contributed by atoms with van der Waals surface area (Å²) in [5.74, 6) is 1.17. The summed E-state index contributed by atoms with van der Waals surface area (Å²) in [5, 5.41) is 3.93. The van der Waals surface area contributed by atoms with E-state index in [9.17, 15) is 4.79 Å². The van der Waals surface area contributed by atoms with Crippen LogP contribution in [0, 0.1) is 0 Å². The van der Waals surface area contributed by atoms with Gasteiger partial charge in [-0.2, -0.15) is 4.98 Å². The third-order valence-corrected chi connectivity index (χ3v) is 4.02. The maximum absolute atomic E-state index is 12.2. The minimum atomic E-state index is 0.0858. The van der Waals surface area contributed by atoms with Gasteiger partial charge in [-0.25, -0.2) is 4.98 Å². The number of benzene rings is 1. The van der Waals surface area contributed by atoms with Crippen LogP contribution < -0.4 is 0 Å². The molecule has 4 rings (SSSR count). The molecule has 0 spiro atoms. The number of amides is 1. The van der Waals surface area contributed by atoms with Gasteiger partial charge in [-0.1, -0.05) is 35.5 Å². The number of hydrogen-bond acceptors (Lipinski definition) is 6. The van der Waals surface area contributed by atoms with Gasteiger partial charge in [0.05, 0.1) is 18.5 Å². The molecule has 1 aliphatic rings. The fourth-order valence-electron chi connectivity index (χ4n) is 2.64. The molecule has 1 fully saturated rings. The van der Waals surface area contributed by atoms with Crippen molar-refractivity contribution < 1.29 is 9.32 Å². The van der Waals surface area contributed by atoms with Crippen molar-refractivity contribution in [2.45, 2.75) is 12.3 Å². The summed E-state index contributed by atoms with van der Waals surface area (Å²) < 4.78 is 5.30. The van der Waals surface area contributed by atoms with Crippen LogP contribution >= 0.6 is 0 Å². The molecule has 3 aromatic rings. The topological polar surface area (TPSA) is 85.0 Å². The molecule has 1 amide bonds. The molecule has 0 N–H and O–H groups in total. The highest BCUT2D eigenvalue weighted by molar-refractivity contribution is 5.79. The van der Waals surface area contributed by atoms with Crippen molar-refractivity contribution in [3.8, 4) is 11.5 Å². The van der Waals surface area contributed by atoms with Gasteiger partial charge in [-0.15, -0.1) is 0 Å². The molecule has 1 aliphatic heterocycles. The van der Waals surface area contributed by atoms with Crippen LogP contribution in [0.4, 0.5) is 0 Å². The molecule has 7 heteroatoms. The molecule has 3 heterocycles. The average Bonchev–Trinajstić information content (AvgIpc) is 3.05. The van der Waals surface area contributed by atoms with Crippen LogP contribution in [0.25, 0.3) is 11.5 Å². The fourth-order valence-corrected chi connectivity index (χ4v) is 2.64. The molecule has 0 saturated carbocycles. The van der Waals surface area contributed by atoms with Gasteiger partial charge in [0.1, 0.15) is 5.69 Å². The Balaban J connectivity index is 1.36. The van der Waals surface area contributed by atoms with Crippen LogP contribution in [0.2, 0.25) is 0 Å². The second-order valence-electron chi connectivity index (χ2n) is 5.70. The number of hydrogen-bond donors (Lipinski definition) is 0. The van der Waals surface area contributed by atoms with E-state index in [4.69, 9.17) is 4.52 Å².